The molecule has 0 saturated carbocycles. The first-order valence-electron chi connectivity index (χ1n) is 25.1. The van der Waals surface area contributed by atoms with Crippen LogP contribution in [-0.4, -0.2) is 87.5 Å². The van der Waals surface area contributed by atoms with Crippen LogP contribution in [0.4, 0.5) is 0 Å². The topological polar surface area (TPSA) is 149 Å². The van der Waals surface area contributed by atoms with Crippen molar-refractivity contribution >= 4 is 5.91 Å². The molecule has 6 N–H and O–H groups in total. The Morgan fingerprint density at radius 2 is 0.949 bits per heavy atom. The minimum absolute atomic E-state index is 0.180. The highest BCUT2D eigenvalue weighted by atomic mass is 16.7. The molecule has 9 nitrogen and oxygen atoms in total. The summed E-state index contributed by atoms with van der Waals surface area (Å²) in [6.45, 7) is 3.79. The summed E-state index contributed by atoms with van der Waals surface area (Å²) < 4.78 is 11.2. The number of hydrogen-bond acceptors (Lipinski definition) is 8. The molecule has 0 radical (unpaired) electrons. The predicted octanol–water partition coefficient (Wildman–Crippen LogP) is 11.1. The van der Waals surface area contributed by atoms with E-state index >= 15 is 0 Å². The van der Waals surface area contributed by atoms with Gasteiger partial charge in [0, 0.05) is 6.42 Å². The smallest absolute Gasteiger partial charge is 0.220 e. The number of carbonyl (C=O) groups is 1. The summed E-state index contributed by atoms with van der Waals surface area (Å²) in [5.74, 6) is -0.180. The molecule has 1 aliphatic rings. The summed E-state index contributed by atoms with van der Waals surface area (Å²) in [6.07, 6.45) is 42.2. The van der Waals surface area contributed by atoms with E-state index in [1.807, 2.05) is 6.08 Å². The Hall–Kier alpha value is -1.33. The molecule has 0 bridgehead atoms. The third kappa shape index (κ3) is 31.2. The zero-order valence-corrected chi connectivity index (χ0v) is 38.3. The van der Waals surface area contributed by atoms with Gasteiger partial charge in [-0.3, -0.25) is 4.79 Å². The molecule has 9 heteroatoms. The molecule has 7 atom stereocenters. The van der Waals surface area contributed by atoms with Gasteiger partial charge in [-0.05, 0) is 44.9 Å². The average molecular weight is 838 g/mol. The summed E-state index contributed by atoms with van der Waals surface area (Å²) in [6, 6.07) is -0.804. The zero-order chi connectivity index (χ0) is 43.0. The van der Waals surface area contributed by atoms with Crippen LogP contribution in [0.3, 0.4) is 0 Å². The monoisotopic (exact) mass is 838 g/mol. The number of aliphatic hydroxyl groups excluding tert-OH is 5. The lowest BCUT2D eigenvalue weighted by Crippen LogP contribution is -2.60. The normalized spacial score (nSPS) is 20.8. The van der Waals surface area contributed by atoms with Crippen LogP contribution < -0.4 is 5.32 Å². The first-order chi connectivity index (χ1) is 28.8. The predicted molar refractivity (Wildman–Crippen MR) is 244 cm³/mol. The average Bonchev–Trinajstić information content (AvgIpc) is 3.23. The number of amides is 1. The fraction of sp³-hybridized carbons (Fsp3) is 0.900. The molecule has 348 valence electrons. The van der Waals surface area contributed by atoms with Gasteiger partial charge in [0.05, 0.1) is 25.4 Å². The summed E-state index contributed by atoms with van der Waals surface area (Å²) in [5, 5.41) is 54.3. The number of carbonyl (C=O) groups excluding carboxylic acids is 1. The molecule has 59 heavy (non-hydrogen) atoms. The minimum Gasteiger partial charge on any atom is -0.394 e. The SMILES string of the molecule is CCCCCCCCCCC/C=C\CCCCCCCCCC(=O)NC(COC1OC(CO)C(O)C(O)C1O)C(O)/C=C/CCCCCCCCCCCCCCCC. The maximum atomic E-state index is 13.0. The first-order valence-corrected chi connectivity index (χ1v) is 25.1. The molecule has 1 rings (SSSR count). The number of hydrogen-bond donors (Lipinski definition) is 6. The molecule has 1 saturated heterocycles. The van der Waals surface area contributed by atoms with E-state index in [4.69, 9.17) is 9.47 Å². The van der Waals surface area contributed by atoms with Gasteiger partial charge in [-0.1, -0.05) is 205 Å². The van der Waals surface area contributed by atoms with E-state index < -0.39 is 49.5 Å². The number of unbranched alkanes of at least 4 members (excludes halogenated alkanes) is 30. The van der Waals surface area contributed by atoms with Crippen LogP contribution in [-0.2, 0) is 14.3 Å². The van der Waals surface area contributed by atoms with Crippen LogP contribution in [0.15, 0.2) is 24.3 Å². The second-order valence-electron chi connectivity index (χ2n) is 17.6. The van der Waals surface area contributed by atoms with E-state index in [1.165, 1.54) is 173 Å². The molecule has 7 unspecified atom stereocenters. The lowest BCUT2D eigenvalue weighted by molar-refractivity contribution is -0.302. The summed E-state index contributed by atoms with van der Waals surface area (Å²) in [4.78, 5) is 13.0. The van der Waals surface area contributed by atoms with Gasteiger partial charge in [0.1, 0.15) is 24.4 Å². The van der Waals surface area contributed by atoms with Crippen LogP contribution in [0.2, 0.25) is 0 Å². The quantitative estimate of drug-likeness (QED) is 0.0263. The van der Waals surface area contributed by atoms with Crippen molar-refractivity contribution in [2.24, 2.45) is 0 Å². The fourth-order valence-electron chi connectivity index (χ4n) is 7.97. The highest BCUT2D eigenvalue weighted by Gasteiger charge is 2.44. The molecule has 1 fully saturated rings. The van der Waals surface area contributed by atoms with Crippen LogP contribution in [0.5, 0.6) is 0 Å². The van der Waals surface area contributed by atoms with E-state index in [1.54, 1.807) is 6.08 Å². The Morgan fingerprint density at radius 3 is 1.37 bits per heavy atom. The van der Waals surface area contributed by atoms with Crippen molar-refractivity contribution in [3.63, 3.8) is 0 Å². The van der Waals surface area contributed by atoms with Gasteiger partial charge in [-0.2, -0.15) is 0 Å². The highest BCUT2D eigenvalue weighted by molar-refractivity contribution is 5.76. The number of aliphatic hydroxyl groups is 5. The lowest BCUT2D eigenvalue weighted by atomic mass is 9.99. The second-order valence-corrected chi connectivity index (χ2v) is 17.6. The minimum atomic E-state index is -1.56. The van der Waals surface area contributed by atoms with Crippen LogP contribution in [0, 0.1) is 0 Å². The third-order valence-electron chi connectivity index (χ3n) is 12.0. The highest BCUT2D eigenvalue weighted by Crippen LogP contribution is 2.23. The van der Waals surface area contributed by atoms with E-state index in [-0.39, 0.29) is 12.5 Å². The third-order valence-corrected chi connectivity index (χ3v) is 12.0. The maximum absolute atomic E-state index is 13.0. The Morgan fingerprint density at radius 1 is 0.559 bits per heavy atom. The van der Waals surface area contributed by atoms with E-state index in [0.29, 0.717) is 6.42 Å². The molecular weight excluding hydrogens is 743 g/mol. The van der Waals surface area contributed by atoms with Crippen LogP contribution >= 0.6 is 0 Å². The van der Waals surface area contributed by atoms with E-state index in [2.05, 4.69) is 31.3 Å². The van der Waals surface area contributed by atoms with E-state index in [0.717, 1.165) is 38.5 Å². The lowest BCUT2D eigenvalue weighted by Gasteiger charge is -2.40. The van der Waals surface area contributed by atoms with Crippen molar-refractivity contribution in [1.82, 2.24) is 5.32 Å². The molecule has 0 aromatic heterocycles. The van der Waals surface area contributed by atoms with Crippen molar-refractivity contribution in [3.8, 4) is 0 Å². The number of ether oxygens (including phenoxy) is 2. The van der Waals surface area contributed by atoms with E-state index in [9.17, 15) is 30.3 Å². The summed E-state index contributed by atoms with van der Waals surface area (Å²) >= 11 is 0. The Labute approximate surface area is 362 Å². The molecule has 0 spiro atoms. The number of rotatable bonds is 42. The molecule has 0 aliphatic carbocycles. The van der Waals surface area contributed by atoms with Crippen molar-refractivity contribution < 1.29 is 39.8 Å². The maximum Gasteiger partial charge on any atom is 0.220 e. The zero-order valence-electron chi connectivity index (χ0n) is 38.3. The van der Waals surface area contributed by atoms with Crippen molar-refractivity contribution in [2.45, 2.75) is 275 Å². The van der Waals surface area contributed by atoms with Gasteiger partial charge in [0.2, 0.25) is 5.91 Å². The number of nitrogens with one attached hydrogen (secondary N) is 1. The van der Waals surface area contributed by atoms with Gasteiger partial charge in [-0.15, -0.1) is 0 Å². The molecule has 1 aliphatic heterocycles. The molecular formula is C50H95NO8. The molecule has 0 aromatic rings. The molecule has 1 amide bonds. The van der Waals surface area contributed by atoms with Crippen LogP contribution in [0.25, 0.3) is 0 Å². The van der Waals surface area contributed by atoms with Crippen molar-refractivity contribution in [1.29, 1.82) is 0 Å². The van der Waals surface area contributed by atoms with Crippen LogP contribution in [0.1, 0.15) is 232 Å². The van der Waals surface area contributed by atoms with Gasteiger partial charge >= 0.3 is 0 Å². The summed E-state index contributed by atoms with van der Waals surface area (Å²) in [5.41, 5.74) is 0. The van der Waals surface area contributed by atoms with Gasteiger partial charge in [0.15, 0.2) is 6.29 Å². The number of allylic oxidation sites excluding steroid dienone is 3. The molecule has 0 aromatic carbocycles. The Balaban J connectivity index is 2.31. The Kier molecular flexibility index (Phi) is 38.4. The van der Waals surface area contributed by atoms with Gasteiger partial charge in [-0.25, -0.2) is 0 Å². The second kappa shape index (κ2) is 40.7. The molecule has 1 heterocycles. The van der Waals surface area contributed by atoms with Gasteiger partial charge < -0.3 is 40.3 Å². The van der Waals surface area contributed by atoms with Gasteiger partial charge in [0.25, 0.3) is 0 Å². The fourth-order valence-corrected chi connectivity index (χ4v) is 7.97. The standard InChI is InChI=1S/C50H95NO8/c1-3-5-7-9-11-13-15-17-19-21-22-23-24-26-28-30-32-34-36-38-40-46(54)51-43(42-58-50-49(57)48(56)47(55)45(41-52)59-50)44(53)39-37-35-33-31-29-27-25-20-18-16-14-12-10-8-6-4-2/h22-23,37,39,43-45,47-50,52-53,55-57H,3-21,24-36,38,40-42H2,1-2H3,(H,51,54)/b23-22-,39-37+. The largest absolute Gasteiger partial charge is 0.394 e. The van der Waals surface area contributed by atoms with Crippen molar-refractivity contribution in [2.75, 3.05) is 13.2 Å². The first kappa shape index (κ1) is 55.7. The van der Waals surface area contributed by atoms with Crippen molar-refractivity contribution in [3.05, 3.63) is 24.3 Å². The summed E-state index contributed by atoms with van der Waals surface area (Å²) in [7, 11) is 0. The Bertz CT molecular complexity index is 977.